The molecule has 0 unspecified atom stereocenters. The van der Waals surface area contributed by atoms with Gasteiger partial charge in [0.2, 0.25) is 0 Å². The normalized spacial score (nSPS) is 23.4. The SMILES string of the molecule is C[C@H]1C[C@@H](c2ccncc2Cc2ncc3ccc(-c4c(F)cc(C5(O)COC5)cc4F)nn23)C[C@@H](N)[C@H]1OCCC#N. The molecule has 3 aromatic heterocycles. The lowest BCUT2D eigenvalue weighted by molar-refractivity contribution is -0.184. The third kappa shape index (κ3) is 5.27. The summed E-state index contributed by atoms with van der Waals surface area (Å²) in [5.41, 5.74) is 7.92. The van der Waals surface area contributed by atoms with Gasteiger partial charge in [0.1, 0.15) is 23.1 Å². The van der Waals surface area contributed by atoms with Gasteiger partial charge in [0, 0.05) is 24.9 Å². The van der Waals surface area contributed by atoms with Gasteiger partial charge in [-0.25, -0.2) is 18.3 Å². The van der Waals surface area contributed by atoms with Crippen LogP contribution >= 0.6 is 0 Å². The van der Waals surface area contributed by atoms with Crippen molar-refractivity contribution in [2.75, 3.05) is 19.8 Å². The molecular formula is C31H32F2N6O3. The second-order valence-corrected chi connectivity index (χ2v) is 11.4. The van der Waals surface area contributed by atoms with Gasteiger partial charge in [-0.05, 0) is 71.7 Å². The fraction of sp³-hybridized carbons (Fsp3) is 0.419. The summed E-state index contributed by atoms with van der Waals surface area (Å²) in [4.78, 5) is 8.93. The van der Waals surface area contributed by atoms with Gasteiger partial charge < -0.3 is 20.3 Å². The minimum atomic E-state index is -1.39. The second-order valence-electron chi connectivity index (χ2n) is 11.4. The van der Waals surface area contributed by atoms with Crippen molar-refractivity contribution < 1.29 is 23.4 Å². The van der Waals surface area contributed by atoms with Crippen molar-refractivity contribution in [2.45, 2.75) is 56.3 Å². The zero-order chi connectivity index (χ0) is 29.4. The van der Waals surface area contributed by atoms with E-state index in [1.165, 1.54) is 0 Å². The number of rotatable bonds is 8. The average Bonchev–Trinajstić information content (AvgIpc) is 3.35. The van der Waals surface area contributed by atoms with Crippen molar-refractivity contribution >= 4 is 5.52 Å². The van der Waals surface area contributed by atoms with Crippen LogP contribution < -0.4 is 5.73 Å². The highest BCUT2D eigenvalue weighted by Crippen LogP contribution is 2.39. The molecule has 0 amide bonds. The maximum atomic E-state index is 15.2. The molecule has 11 heteroatoms. The molecule has 6 rings (SSSR count). The van der Waals surface area contributed by atoms with Gasteiger partial charge >= 0.3 is 0 Å². The number of fused-ring (bicyclic) bond motifs is 1. The van der Waals surface area contributed by atoms with E-state index in [-0.39, 0.29) is 54.0 Å². The van der Waals surface area contributed by atoms with E-state index in [9.17, 15) is 5.11 Å². The number of nitrogens with two attached hydrogens (primary N) is 1. The molecule has 2 fully saturated rings. The molecule has 3 N–H and O–H groups in total. The molecule has 0 radical (unpaired) electrons. The molecule has 1 aromatic carbocycles. The quantitative estimate of drug-likeness (QED) is 0.302. The van der Waals surface area contributed by atoms with Crippen LogP contribution in [0.2, 0.25) is 0 Å². The third-order valence-corrected chi connectivity index (χ3v) is 8.42. The summed E-state index contributed by atoms with van der Waals surface area (Å²) in [6.45, 7) is 2.49. The number of nitrogens with zero attached hydrogens (tertiary/aromatic N) is 5. The van der Waals surface area contributed by atoms with Crippen LogP contribution in [0.5, 0.6) is 0 Å². The van der Waals surface area contributed by atoms with E-state index in [1.54, 1.807) is 29.0 Å². The van der Waals surface area contributed by atoms with Crippen LogP contribution in [0.15, 0.2) is 48.9 Å². The average molecular weight is 575 g/mol. The predicted octanol–water partition coefficient (Wildman–Crippen LogP) is 4.02. The standard InChI is InChI=1S/C31H32F2N6O3/c1-18-9-19(10-26(35)30(18)42-8-2-6-34)23-5-7-36-14-20(23)11-28-37-15-22-3-4-27(38-39(22)28)29-24(32)12-21(13-25(29)33)31(40)16-41-17-31/h3-5,7,12-15,18-19,26,30,40H,2,8-11,16-17,35H2,1H3/t18-,19+,26+,30-/m0/s1. The van der Waals surface area contributed by atoms with Crippen molar-refractivity contribution in [3.05, 3.63) is 83.1 Å². The van der Waals surface area contributed by atoms with E-state index < -0.39 is 17.2 Å². The van der Waals surface area contributed by atoms with E-state index >= 15 is 8.78 Å². The molecule has 1 aliphatic heterocycles. The Morgan fingerprint density at radius 1 is 1.19 bits per heavy atom. The number of halogens is 2. The van der Waals surface area contributed by atoms with Crippen molar-refractivity contribution in [1.29, 1.82) is 5.26 Å². The van der Waals surface area contributed by atoms with E-state index in [4.69, 9.17) is 20.5 Å². The summed E-state index contributed by atoms with van der Waals surface area (Å²) in [7, 11) is 0. The molecular weight excluding hydrogens is 542 g/mol. The first-order chi connectivity index (χ1) is 20.3. The smallest absolute Gasteiger partial charge is 0.136 e. The van der Waals surface area contributed by atoms with E-state index in [1.807, 2.05) is 12.3 Å². The Balaban J connectivity index is 1.27. The summed E-state index contributed by atoms with van der Waals surface area (Å²) >= 11 is 0. The van der Waals surface area contributed by atoms with Crippen LogP contribution in [-0.4, -0.2) is 56.7 Å². The van der Waals surface area contributed by atoms with Crippen molar-refractivity contribution in [3.8, 4) is 17.3 Å². The van der Waals surface area contributed by atoms with Gasteiger partial charge in [0.05, 0.1) is 61.4 Å². The van der Waals surface area contributed by atoms with Crippen molar-refractivity contribution in [1.82, 2.24) is 19.6 Å². The van der Waals surface area contributed by atoms with Crippen LogP contribution in [-0.2, 0) is 21.5 Å². The lowest BCUT2D eigenvalue weighted by Crippen LogP contribution is -2.46. The molecule has 1 aliphatic carbocycles. The number of nitriles is 1. The number of aliphatic hydroxyl groups is 1. The Morgan fingerprint density at radius 2 is 1.98 bits per heavy atom. The maximum absolute atomic E-state index is 15.2. The molecule has 9 nitrogen and oxygen atoms in total. The molecule has 4 aromatic rings. The summed E-state index contributed by atoms with van der Waals surface area (Å²) in [5.74, 6) is -0.623. The Labute approximate surface area is 241 Å². The Kier molecular flexibility index (Phi) is 7.72. The van der Waals surface area contributed by atoms with Gasteiger partial charge in [-0.2, -0.15) is 10.4 Å². The molecule has 1 saturated heterocycles. The minimum Gasteiger partial charge on any atom is -0.380 e. The first-order valence-electron chi connectivity index (χ1n) is 14.1. The Bertz CT molecular complexity index is 1610. The largest absolute Gasteiger partial charge is 0.380 e. The third-order valence-electron chi connectivity index (χ3n) is 8.42. The van der Waals surface area contributed by atoms with Gasteiger partial charge in [-0.1, -0.05) is 6.92 Å². The first-order valence-corrected chi connectivity index (χ1v) is 14.1. The van der Waals surface area contributed by atoms with Crippen molar-refractivity contribution in [3.63, 3.8) is 0 Å². The molecule has 42 heavy (non-hydrogen) atoms. The zero-order valence-corrected chi connectivity index (χ0v) is 23.2. The van der Waals surface area contributed by atoms with Crippen molar-refractivity contribution in [2.24, 2.45) is 11.7 Å². The lowest BCUT2D eigenvalue weighted by atomic mass is 9.73. The van der Waals surface area contributed by atoms with Crippen LogP contribution in [0.1, 0.15) is 54.6 Å². The highest BCUT2D eigenvalue weighted by atomic mass is 19.1. The van der Waals surface area contributed by atoms with Crippen LogP contribution in [0.4, 0.5) is 8.78 Å². The Morgan fingerprint density at radius 3 is 2.67 bits per heavy atom. The summed E-state index contributed by atoms with van der Waals surface area (Å²) in [6.07, 6.45) is 7.52. The van der Waals surface area contributed by atoms with Gasteiger partial charge in [-0.15, -0.1) is 0 Å². The predicted molar refractivity (Wildman–Crippen MR) is 149 cm³/mol. The molecule has 1 saturated carbocycles. The number of ether oxygens (including phenoxy) is 2. The minimum absolute atomic E-state index is 0.00737. The summed E-state index contributed by atoms with van der Waals surface area (Å²) in [6, 6.07) is 9.50. The molecule has 0 bridgehead atoms. The summed E-state index contributed by atoms with van der Waals surface area (Å²) in [5, 5.41) is 23.9. The number of imidazole rings is 1. The first kappa shape index (κ1) is 28.3. The van der Waals surface area contributed by atoms with Gasteiger partial charge in [0.15, 0.2) is 0 Å². The number of hydrogen-bond donors (Lipinski definition) is 2. The van der Waals surface area contributed by atoms with Gasteiger partial charge in [-0.3, -0.25) is 4.98 Å². The maximum Gasteiger partial charge on any atom is 0.136 e. The Hall–Kier alpha value is -3.82. The molecule has 218 valence electrons. The highest BCUT2D eigenvalue weighted by molar-refractivity contribution is 5.63. The number of aromatic nitrogens is 4. The number of hydrogen-bond acceptors (Lipinski definition) is 8. The fourth-order valence-electron chi connectivity index (χ4n) is 6.24. The van der Waals surface area contributed by atoms with E-state index in [2.05, 4.69) is 28.1 Å². The molecule has 4 heterocycles. The van der Waals surface area contributed by atoms with Crippen LogP contribution in [0.25, 0.3) is 16.8 Å². The van der Waals surface area contributed by atoms with Crippen LogP contribution in [0.3, 0.4) is 0 Å². The monoisotopic (exact) mass is 574 g/mol. The summed E-state index contributed by atoms with van der Waals surface area (Å²) < 4.78 is 43.0. The lowest BCUT2D eigenvalue weighted by Gasteiger charge is -2.39. The highest BCUT2D eigenvalue weighted by Gasteiger charge is 2.39. The van der Waals surface area contributed by atoms with E-state index in [0.29, 0.717) is 30.8 Å². The second kappa shape index (κ2) is 11.5. The van der Waals surface area contributed by atoms with Gasteiger partial charge in [0.25, 0.3) is 0 Å². The number of pyridine rings is 1. The van der Waals surface area contributed by atoms with Crippen LogP contribution in [0, 0.1) is 28.9 Å². The fourth-order valence-corrected chi connectivity index (χ4v) is 6.24. The molecule has 0 spiro atoms. The topological polar surface area (TPSA) is 132 Å². The van der Waals surface area contributed by atoms with E-state index in [0.717, 1.165) is 36.1 Å². The molecule has 2 aliphatic rings. The number of benzene rings is 1. The zero-order valence-electron chi connectivity index (χ0n) is 23.2. The molecule has 4 atom stereocenters.